The number of H-pyrrole nitrogens is 1. The molecule has 0 radical (unpaired) electrons. The Morgan fingerprint density at radius 2 is 2.28 bits per heavy atom. The predicted octanol–water partition coefficient (Wildman–Crippen LogP) is 0.898. The van der Waals surface area contributed by atoms with E-state index in [4.69, 9.17) is 4.74 Å². The lowest BCUT2D eigenvalue weighted by Gasteiger charge is -2.19. The van der Waals surface area contributed by atoms with Gasteiger partial charge in [-0.05, 0) is 37.0 Å². The second-order valence-electron chi connectivity index (χ2n) is 4.78. The smallest absolute Gasteiger partial charge is 0.122 e. The summed E-state index contributed by atoms with van der Waals surface area (Å²) in [5, 5.41) is 2.08. The molecule has 1 aliphatic carbocycles. The average molecular weight is 243 g/mol. The molecule has 0 amide bonds. The Morgan fingerprint density at radius 1 is 1.39 bits per heavy atom. The van der Waals surface area contributed by atoms with Crippen LogP contribution in [0.25, 0.3) is 11.3 Å². The van der Waals surface area contributed by atoms with Crippen LogP contribution in [0.5, 0.6) is 0 Å². The summed E-state index contributed by atoms with van der Waals surface area (Å²) in [6.45, 7) is 2.14. The summed E-state index contributed by atoms with van der Waals surface area (Å²) in [6, 6.07) is 0.368. The van der Waals surface area contributed by atoms with Crippen LogP contribution in [0.3, 0.4) is 0 Å². The Labute approximate surface area is 106 Å². The Balaban J connectivity index is 2.18. The Morgan fingerprint density at radius 3 is 3.06 bits per heavy atom. The van der Waals surface area contributed by atoms with Gasteiger partial charge < -0.3 is 9.72 Å². The maximum absolute atomic E-state index is 5.42. The van der Waals surface area contributed by atoms with Gasteiger partial charge in [-0.15, -0.1) is 0 Å². The minimum atomic E-state index is 0.368. The van der Waals surface area contributed by atoms with Crippen molar-refractivity contribution in [3.05, 3.63) is 28.7 Å². The molecule has 1 aromatic heterocycles. The van der Waals surface area contributed by atoms with Crippen LogP contribution in [-0.2, 0) is 4.74 Å². The molecule has 2 aliphatic rings. The second-order valence-corrected chi connectivity index (χ2v) is 4.78. The van der Waals surface area contributed by atoms with Crippen LogP contribution in [0.15, 0.2) is 23.0 Å². The highest BCUT2D eigenvalue weighted by atomic mass is 16.5. The summed E-state index contributed by atoms with van der Waals surface area (Å²) in [6.07, 6.45) is 8.71. The van der Waals surface area contributed by atoms with Crippen LogP contribution in [-0.4, -0.2) is 29.3 Å². The number of nitrogens with one attached hydrogen (secondary N) is 1. The highest BCUT2D eigenvalue weighted by molar-refractivity contribution is 5.81. The van der Waals surface area contributed by atoms with Gasteiger partial charge in [-0.1, -0.05) is 0 Å². The molecular formula is C14H17N3O. The van der Waals surface area contributed by atoms with Crippen LogP contribution >= 0.6 is 0 Å². The molecule has 0 spiro atoms. The van der Waals surface area contributed by atoms with E-state index in [1.165, 1.54) is 11.1 Å². The summed E-state index contributed by atoms with van der Waals surface area (Å²) < 4.78 is 5.42. The van der Waals surface area contributed by atoms with Crippen LogP contribution in [0.2, 0.25) is 0 Å². The van der Waals surface area contributed by atoms with Gasteiger partial charge >= 0.3 is 0 Å². The molecule has 1 aromatic rings. The molecule has 1 atom stereocenters. The molecule has 0 saturated carbocycles. The first-order valence-corrected chi connectivity index (χ1v) is 6.32. The molecule has 1 aliphatic heterocycles. The molecule has 0 saturated heterocycles. The maximum Gasteiger partial charge on any atom is 0.122 e. The molecular weight excluding hydrogens is 226 g/mol. The van der Waals surface area contributed by atoms with Gasteiger partial charge in [0.05, 0.1) is 24.8 Å². The lowest BCUT2D eigenvalue weighted by molar-refractivity contribution is 0.346. The largest absolute Gasteiger partial charge is 0.499 e. The monoisotopic (exact) mass is 243 g/mol. The molecule has 1 N–H and O–H groups in total. The summed E-state index contributed by atoms with van der Waals surface area (Å²) >= 11 is 0. The number of aromatic nitrogens is 2. The van der Waals surface area contributed by atoms with Gasteiger partial charge in [0.15, 0.2) is 0 Å². The van der Waals surface area contributed by atoms with Gasteiger partial charge in [-0.25, -0.2) is 4.98 Å². The van der Waals surface area contributed by atoms with Gasteiger partial charge in [0.25, 0.3) is 0 Å². The van der Waals surface area contributed by atoms with Crippen molar-refractivity contribution in [2.24, 2.45) is 4.99 Å². The van der Waals surface area contributed by atoms with Crippen molar-refractivity contribution in [1.29, 1.82) is 0 Å². The van der Waals surface area contributed by atoms with E-state index in [0.29, 0.717) is 6.04 Å². The third-order valence-electron chi connectivity index (χ3n) is 3.57. The van der Waals surface area contributed by atoms with Gasteiger partial charge in [-0.3, -0.25) is 4.99 Å². The van der Waals surface area contributed by atoms with Crippen molar-refractivity contribution < 1.29 is 4.74 Å². The van der Waals surface area contributed by atoms with Crippen LogP contribution in [0.4, 0.5) is 0 Å². The zero-order valence-electron chi connectivity index (χ0n) is 10.7. The van der Waals surface area contributed by atoms with Crippen LogP contribution in [0.1, 0.15) is 26.2 Å². The molecule has 0 aromatic carbocycles. The van der Waals surface area contributed by atoms with Crippen LogP contribution < -0.4 is 10.7 Å². The number of allylic oxidation sites excluding steroid dienone is 1. The number of ether oxygens (including phenoxy) is 1. The Bertz CT molecular complexity index is 636. The number of imidazole rings is 1. The molecule has 0 fully saturated rings. The average Bonchev–Trinajstić information content (AvgIpc) is 2.86. The van der Waals surface area contributed by atoms with Gasteiger partial charge in [0, 0.05) is 12.6 Å². The molecule has 94 valence electrons. The molecule has 0 bridgehead atoms. The van der Waals surface area contributed by atoms with E-state index in [2.05, 4.69) is 28.0 Å². The topological polar surface area (TPSA) is 50.3 Å². The van der Waals surface area contributed by atoms with Crippen molar-refractivity contribution in [3.8, 4) is 0 Å². The molecule has 4 nitrogen and oxygen atoms in total. The molecule has 3 rings (SSSR count). The predicted molar refractivity (Wildman–Crippen MR) is 71.6 cm³/mol. The van der Waals surface area contributed by atoms with Crippen molar-refractivity contribution in [2.45, 2.75) is 32.2 Å². The number of aliphatic imine (C=N–C) groups is 1. The van der Waals surface area contributed by atoms with E-state index >= 15 is 0 Å². The first-order valence-electron chi connectivity index (χ1n) is 6.32. The lowest BCUT2D eigenvalue weighted by atomic mass is 9.91. The van der Waals surface area contributed by atoms with Crippen molar-refractivity contribution in [3.63, 3.8) is 0 Å². The number of aromatic amines is 1. The Kier molecular flexibility index (Phi) is 2.78. The van der Waals surface area contributed by atoms with E-state index in [0.717, 1.165) is 35.7 Å². The summed E-state index contributed by atoms with van der Waals surface area (Å²) in [5.74, 6) is 1.00. The highest BCUT2D eigenvalue weighted by Crippen LogP contribution is 2.26. The Hall–Kier alpha value is -1.84. The number of hydrogen-bond acceptors (Lipinski definition) is 3. The fraction of sp³-hybridized carbons (Fsp3) is 0.429. The van der Waals surface area contributed by atoms with Gasteiger partial charge in [0.2, 0.25) is 0 Å². The van der Waals surface area contributed by atoms with E-state index in [-0.39, 0.29) is 0 Å². The lowest BCUT2D eigenvalue weighted by Crippen LogP contribution is -2.34. The van der Waals surface area contributed by atoms with E-state index in [1.807, 2.05) is 6.21 Å². The van der Waals surface area contributed by atoms with Crippen LogP contribution in [0, 0.1) is 0 Å². The fourth-order valence-corrected chi connectivity index (χ4v) is 2.68. The fourth-order valence-electron chi connectivity index (χ4n) is 2.68. The van der Waals surface area contributed by atoms with E-state index < -0.39 is 0 Å². The molecule has 2 heterocycles. The minimum absolute atomic E-state index is 0.368. The highest BCUT2D eigenvalue weighted by Gasteiger charge is 2.18. The minimum Gasteiger partial charge on any atom is -0.499 e. The maximum atomic E-state index is 5.42. The number of rotatable bonds is 2. The summed E-state index contributed by atoms with van der Waals surface area (Å²) in [7, 11) is 1.72. The SMILES string of the molecule is COC1=c2[nH]cnc2=C(C2=CC=NC(C)C2)CC1. The van der Waals surface area contributed by atoms with Gasteiger partial charge in [0.1, 0.15) is 11.1 Å². The van der Waals surface area contributed by atoms with Crippen molar-refractivity contribution >= 4 is 17.5 Å². The molecule has 4 heteroatoms. The van der Waals surface area contributed by atoms with Gasteiger partial charge in [-0.2, -0.15) is 0 Å². The first kappa shape index (κ1) is 11.3. The zero-order valence-corrected chi connectivity index (χ0v) is 10.7. The second kappa shape index (κ2) is 4.44. The third kappa shape index (κ3) is 1.78. The number of hydrogen-bond donors (Lipinski definition) is 1. The molecule has 18 heavy (non-hydrogen) atoms. The molecule has 1 unspecified atom stereocenters. The van der Waals surface area contributed by atoms with E-state index in [9.17, 15) is 0 Å². The number of nitrogens with zero attached hydrogens (tertiary/aromatic N) is 2. The number of fused-ring (bicyclic) bond motifs is 1. The summed E-state index contributed by atoms with van der Waals surface area (Å²) in [5.41, 5.74) is 2.70. The quantitative estimate of drug-likeness (QED) is 0.839. The standard InChI is InChI=1S/C14H17N3O/c1-9-7-10(5-6-15-9)11-3-4-12(18-2)14-13(11)16-8-17-14/h5-6,8-9H,3-4,7H2,1-2H3,(H,16,17). The third-order valence-corrected chi connectivity index (χ3v) is 3.57. The van der Waals surface area contributed by atoms with E-state index in [1.54, 1.807) is 13.4 Å². The van der Waals surface area contributed by atoms with Crippen molar-refractivity contribution in [1.82, 2.24) is 9.97 Å². The number of methoxy groups -OCH3 is 1. The van der Waals surface area contributed by atoms with Crippen molar-refractivity contribution in [2.75, 3.05) is 7.11 Å². The number of dihydropyridines is 1. The zero-order chi connectivity index (χ0) is 12.5. The summed E-state index contributed by atoms with van der Waals surface area (Å²) in [4.78, 5) is 12.0. The normalized spacial score (nSPS) is 22.8. The first-order chi connectivity index (χ1) is 8.79.